The standard InChI is InChI=1S/C20H22N2O2/c1-3-15-9-5-7-11-17(15)21-13-20(24)22(14-19(21)23)18-12-8-6-10-16(18)4-2/h5-12H,3-4,13-14H2,1-2H3. The first-order chi connectivity index (χ1) is 11.7. The Labute approximate surface area is 142 Å². The van der Waals surface area contributed by atoms with Crippen molar-refractivity contribution in [2.75, 3.05) is 22.9 Å². The van der Waals surface area contributed by atoms with Crippen molar-refractivity contribution in [2.45, 2.75) is 26.7 Å². The highest BCUT2D eigenvalue weighted by atomic mass is 16.2. The molecule has 0 atom stereocenters. The lowest BCUT2D eigenvalue weighted by Gasteiger charge is -2.35. The summed E-state index contributed by atoms with van der Waals surface area (Å²) in [7, 11) is 0. The summed E-state index contributed by atoms with van der Waals surface area (Å²) >= 11 is 0. The molecular formula is C20H22N2O2. The van der Waals surface area contributed by atoms with Gasteiger partial charge in [0.2, 0.25) is 11.8 Å². The van der Waals surface area contributed by atoms with Crippen molar-refractivity contribution in [1.82, 2.24) is 0 Å². The predicted molar refractivity (Wildman–Crippen MR) is 96.3 cm³/mol. The third kappa shape index (κ3) is 2.92. The average Bonchev–Trinajstić information content (AvgIpc) is 2.63. The Kier molecular flexibility index (Phi) is 4.65. The number of hydrogen-bond donors (Lipinski definition) is 0. The number of nitrogens with zero attached hydrogens (tertiary/aromatic N) is 2. The minimum Gasteiger partial charge on any atom is -0.301 e. The Morgan fingerprint density at radius 2 is 1.08 bits per heavy atom. The molecule has 24 heavy (non-hydrogen) atoms. The molecule has 124 valence electrons. The van der Waals surface area contributed by atoms with E-state index in [1.165, 1.54) is 0 Å². The molecule has 1 heterocycles. The van der Waals surface area contributed by atoms with Gasteiger partial charge in [0.05, 0.1) is 0 Å². The van der Waals surface area contributed by atoms with Crippen LogP contribution < -0.4 is 9.80 Å². The third-order valence-electron chi connectivity index (χ3n) is 4.52. The van der Waals surface area contributed by atoms with Gasteiger partial charge in [0.1, 0.15) is 13.1 Å². The van der Waals surface area contributed by atoms with Gasteiger partial charge in [0.25, 0.3) is 0 Å². The van der Waals surface area contributed by atoms with Gasteiger partial charge in [-0.2, -0.15) is 0 Å². The van der Waals surface area contributed by atoms with E-state index in [1.807, 2.05) is 48.5 Å². The van der Waals surface area contributed by atoms with Gasteiger partial charge in [0.15, 0.2) is 0 Å². The number of carbonyl (C=O) groups excluding carboxylic acids is 2. The van der Waals surface area contributed by atoms with Gasteiger partial charge in [-0.3, -0.25) is 9.59 Å². The largest absolute Gasteiger partial charge is 0.301 e. The number of aryl methyl sites for hydroxylation is 2. The molecule has 1 fully saturated rings. The summed E-state index contributed by atoms with van der Waals surface area (Å²) in [5.74, 6) is -0.0807. The summed E-state index contributed by atoms with van der Waals surface area (Å²) in [4.78, 5) is 28.7. The van der Waals surface area contributed by atoms with Crippen molar-refractivity contribution in [3.63, 3.8) is 0 Å². The molecule has 0 unspecified atom stereocenters. The van der Waals surface area contributed by atoms with E-state index in [0.717, 1.165) is 35.3 Å². The topological polar surface area (TPSA) is 40.6 Å². The van der Waals surface area contributed by atoms with E-state index in [9.17, 15) is 9.59 Å². The minimum absolute atomic E-state index is 0.0404. The zero-order chi connectivity index (χ0) is 17.1. The van der Waals surface area contributed by atoms with Gasteiger partial charge in [-0.15, -0.1) is 0 Å². The maximum absolute atomic E-state index is 12.7. The van der Waals surface area contributed by atoms with Crippen molar-refractivity contribution >= 4 is 23.2 Å². The van der Waals surface area contributed by atoms with Crippen LogP contribution in [-0.4, -0.2) is 24.9 Å². The van der Waals surface area contributed by atoms with Crippen LogP contribution in [0.15, 0.2) is 48.5 Å². The number of carbonyl (C=O) groups is 2. The molecule has 0 radical (unpaired) electrons. The molecule has 0 N–H and O–H groups in total. The van der Waals surface area contributed by atoms with E-state index in [4.69, 9.17) is 0 Å². The smallest absolute Gasteiger partial charge is 0.247 e. The van der Waals surface area contributed by atoms with Crippen LogP contribution in [0.4, 0.5) is 11.4 Å². The molecular weight excluding hydrogens is 300 g/mol. The SMILES string of the molecule is CCc1ccccc1N1CC(=O)N(c2ccccc2CC)CC1=O. The quantitative estimate of drug-likeness (QED) is 0.867. The predicted octanol–water partition coefficient (Wildman–Crippen LogP) is 3.19. The van der Waals surface area contributed by atoms with Crippen LogP contribution >= 0.6 is 0 Å². The van der Waals surface area contributed by atoms with E-state index in [2.05, 4.69) is 13.8 Å². The number of piperazine rings is 1. The molecule has 0 aromatic heterocycles. The third-order valence-corrected chi connectivity index (χ3v) is 4.52. The summed E-state index contributed by atoms with van der Waals surface area (Å²) in [6, 6.07) is 15.6. The molecule has 4 nitrogen and oxygen atoms in total. The molecule has 0 aliphatic carbocycles. The summed E-state index contributed by atoms with van der Waals surface area (Å²) < 4.78 is 0. The first kappa shape index (κ1) is 16.2. The normalized spacial score (nSPS) is 15.1. The molecule has 2 amide bonds. The highest BCUT2D eigenvalue weighted by molar-refractivity contribution is 6.12. The molecule has 0 spiro atoms. The molecule has 4 heteroatoms. The van der Waals surface area contributed by atoms with Gasteiger partial charge in [-0.1, -0.05) is 50.2 Å². The Morgan fingerprint density at radius 3 is 1.46 bits per heavy atom. The Morgan fingerprint density at radius 1 is 0.708 bits per heavy atom. The fourth-order valence-corrected chi connectivity index (χ4v) is 3.20. The second-order valence-electron chi connectivity index (χ2n) is 5.92. The van der Waals surface area contributed by atoms with Crippen molar-refractivity contribution in [3.8, 4) is 0 Å². The van der Waals surface area contributed by atoms with Gasteiger partial charge in [-0.25, -0.2) is 0 Å². The second-order valence-corrected chi connectivity index (χ2v) is 5.92. The Balaban J connectivity index is 1.90. The lowest BCUT2D eigenvalue weighted by atomic mass is 10.1. The summed E-state index contributed by atoms with van der Waals surface area (Å²) in [5.41, 5.74) is 3.87. The lowest BCUT2D eigenvalue weighted by molar-refractivity contribution is -0.125. The first-order valence-electron chi connectivity index (χ1n) is 8.42. The first-order valence-corrected chi connectivity index (χ1v) is 8.42. The summed E-state index contributed by atoms with van der Waals surface area (Å²) in [6.07, 6.45) is 1.66. The number of amides is 2. The van der Waals surface area contributed by atoms with E-state index in [1.54, 1.807) is 9.80 Å². The highest BCUT2D eigenvalue weighted by Gasteiger charge is 2.33. The summed E-state index contributed by atoms with van der Waals surface area (Å²) in [6.45, 7) is 4.29. The van der Waals surface area contributed by atoms with Crippen LogP contribution in [0, 0.1) is 0 Å². The molecule has 1 aliphatic rings. The van der Waals surface area contributed by atoms with Crippen LogP contribution in [0.5, 0.6) is 0 Å². The van der Waals surface area contributed by atoms with Crippen LogP contribution in [0.3, 0.4) is 0 Å². The zero-order valence-corrected chi connectivity index (χ0v) is 14.2. The van der Waals surface area contributed by atoms with Crippen LogP contribution in [-0.2, 0) is 22.4 Å². The van der Waals surface area contributed by atoms with Crippen molar-refractivity contribution < 1.29 is 9.59 Å². The van der Waals surface area contributed by atoms with Crippen LogP contribution in [0.2, 0.25) is 0 Å². The monoisotopic (exact) mass is 322 g/mol. The highest BCUT2D eigenvalue weighted by Crippen LogP contribution is 2.27. The maximum Gasteiger partial charge on any atom is 0.247 e. The fraction of sp³-hybridized carbons (Fsp3) is 0.300. The molecule has 3 rings (SSSR count). The van der Waals surface area contributed by atoms with Crippen molar-refractivity contribution in [3.05, 3.63) is 59.7 Å². The zero-order valence-electron chi connectivity index (χ0n) is 14.2. The molecule has 0 bridgehead atoms. The summed E-state index contributed by atoms with van der Waals surface area (Å²) in [5, 5.41) is 0. The number of anilines is 2. The molecule has 2 aromatic rings. The van der Waals surface area contributed by atoms with Crippen molar-refractivity contribution in [2.24, 2.45) is 0 Å². The van der Waals surface area contributed by atoms with E-state index >= 15 is 0 Å². The van der Waals surface area contributed by atoms with Crippen molar-refractivity contribution in [1.29, 1.82) is 0 Å². The molecule has 2 aromatic carbocycles. The second kappa shape index (κ2) is 6.87. The molecule has 1 aliphatic heterocycles. The lowest BCUT2D eigenvalue weighted by Crippen LogP contribution is -2.54. The van der Waals surface area contributed by atoms with Gasteiger partial charge < -0.3 is 9.80 Å². The number of hydrogen-bond acceptors (Lipinski definition) is 2. The van der Waals surface area contributed by atoms with E-state index < -0.39 is 0 Å². The maximum atomic E-state index is 12.7. The van der Waals surface area contributed by atoms with Crippen LogP contribution in [0.1, 0.15) is 25.0 Å². The molecule has 1 saturated heterocycles. The Bertz CT molecular complexity index is 704. The molecule has 0 saturated carbocycles. The van der Waals surface area contributed by atoms with Gasteiger partial charge in [0, 0.05) is 11.4 Å². The Hall–Kier alpha value is -2.62. The van der Waals surface area contributed by atoms with Crippen LogP contribution in [0.25, 0.3) is 0 Å². The minimum atomic E-state index is -0.0404. The van der Waals surface area contributed by atoms with E-state index in [-0.39, 0.29) is 24.9 Å². The average molecular weight is 322 g/mol. The van der Waals surface area contributed by atoms with Gasteiger partial charge >= 0.3 is 0 Å². The van der Waals surface area contributed by atoms with Gasteiger partial charge in [-0.05, 0) is 36.1 Å². The van der Waals surface area contributed by atoms with E-state index in [0.29, 0.717) is 0 Å². The number of para-hydroxylation sites is 2. The fourth-order valence-electron chi connectivity index (χ4n) is 3.20. The number of rotatable bonds is 4. The number of benzene rings is 2.